The summed E-state index contributed by atoms with van der Waals surface area (Å²) in [7, 11) is 4.60. The third-order valence-corrected chi connectivity index (χ3v) is 9.46. The Morgan fingerprint density at radius 2 is 1.97 bits per heavy atom. The van der Waals surface area contributed by atoms with E-state index >= 15 is 0 Å². The molecule has 1 fully saturated rings. The van der Waals surface area contributed by atoms with Gasteiger partial charge in [0.15, 0.2) is 0 Å². The first-order valence-electron chi connectivity index (χ1n) is 13.4. The van der Waals surface area contributed by atoms with Crippen LogP contribution < -0.4 is 5.32 Å². The molecule has 1 aromatic rings. The second-order valence-corrected chi connectivity index (χ2v) is 13.5. The zero-order valence-electron chi connectivity index (χ0n) is 23.8. The Labute approximate surface area is 237 Å². The molecular weight excluding hydrogens is 561 g/mol. The molecule has 0 aliphatic carbocycles. The van der Waals surface area contributed by atoms with Crippen molar-refractivity contribution in [1.29, 1.82) is 0 Å². The number of aromatic nitrogens is 1. The fourth-order valence-corrected chi connectivity index (χ4v) is 6.38. The molecule has 1 aromatic heterocycles. The molecule has 13 heteroatoms. The number of likely N-dealkylation sites (N-methyl/N-ethyl adjacent to an activating group) is 2. The average Bonchev–Trinajstić information content (AvgIpc) is 3.37. The molecule has 0 bridgehead atoms. The topological polar surface area (TPSA) is 109 Å². The molecule has 39 heavy (non-hydrogen) atoms. The van der Waals surface area contributed by atoms with Crippen LogP contribution in [0.5, 0.6) is 0 Å². The van der Waals surface area contributed by atoms with E-state index in [1.165, 1.54) is 12.3 Å². The summed E-state index contributed by atoms with van der Waals surface area (Å²) in [4.78, 5) is 59.0. The van der Waals surface area contributed by atoms with E-state index in [9.17, 15) is 23.4 Å². The molecule has 2 heterocycles. The van der Waals surface area contributed by atoms with Gasteiger partial charge in [-0.05, 0) is 26.4 Å². The Morgan fingerprint density at radius 1 is 1.31 bits per heavy atom. The van der Waals surface area contributed by atoms with E-state index in [2.05, 4.69) is 18.6 Å². The SMILES string of the molecule is CC[C@H](C)[C@H](NC(=O)[C@H]1CCCCN1C)C(=O)N(C)[C@H](C[C@@H](OC(C)=O)c1nc(C(=O)P(F)#P)cs1)C(C)C. The number of esters is 1. The van der Waals surface area contributed by atoms with Crippen molar-refractivity contribution in [3.05, 3.63) is 16.1 Å². The van der Waals surface area contributed by atoms with Crippen molar-refractivity contribution >= 4 is 50.3 Å². The average molecular weight is 603 g/mol. The van der Waals surface area contributed by atoms with E-state index in [4.69, 9.17) is 4.74 Å². The first-order chi connectivity index (χ1) is 18.3. The number of rotatable bonds is 12. The summed E-state index contributed by atoms with van der Waals surface area (Å²) in [6.07, 6.45) is 2.87. The Balaban J connectivity index is 2.30. The third kappa shape index (κ3) is 9.17. The summed E-state index contributed by atoms with van der Waals surface area (Å²) < 4.78 is 19.1. The van der Waals surface area contributed by atoms with E-state index < -0.39 is 31.0 Å². The maximum absolute atomic E-state index is 13.9. The van der Waals surface area contributed by atoms with Gasteiger partial charge in [0.25, 0.3) is 0 Å². The van der Waals surface area contributed by atoms with Gasteiger partial charge in [0.2, 0.25) is 5.91 Å². The standard InChI is InChI=1S/C26H41FN4O5P2S/c1-8-16(4)22(29-23(33)19-11-9-10-12-30(19)6)25(34)31(7)20(15(2)3)13-21(36-17(5)32)24-28-18(14-39-24)26(35)38(27)37/h14-16,19-22H,8-13H2,1-7H3,(H,29,33)/t16-,19+,20+,21+,22-/m0/s1. The van der Waals surface area contributed by atoms with Crippen LogP contribution in [0, 0.1) is 11.8 Å². The number of carbonyl (C=O) groups is 4. The maximum atomic E-state index is 13.9. The summed E-state index contributed by atoms with van der Waals surface area (Å²) in [5, 5.41) is 4.81. The van der Waals surface area contributed by atoms with E-state index in [-0.39, 0.29) is 47.8 Å². The molecule has 1 aliphatic rings. The molecule has 9 nitrogen and oxygen atoms in total. The molecule has 1 unspecified atom stereocenters. The molecule has 1 saturated heterocycles. The summed E-state index contributed by atoms with van der Waals surface area (Å²) in [6.45, 7) is 9.97. The predicted octanol–water partition coefficient (Wildman–Crippen LogP) is 5.47. The Morgan fingerprint density at radius 3 is 2.51 bits per heavy atom. The van der Waals surface area contributed by atoms with Crippen LogP contribution in [0.15, 0.2) is 5.38 Å². The minimum atomic E-state index is -2.64. The van der Waals surface area contributed by atoms with Crippen molar-refractivity contribution in [2.45, 2.75) is 91.0 Å². The molecule has 2 amide bonds. The number of thiazole rings is 1. The predicted molar refractivity (Wildman–Crippen MR) is 154 cm³/mol. The number of likely N-dealkylation sites (tertiary alicyclic amines) is 1. The number of halogens is 1. The fraction of sp³-hybridized carbons (Fsp3) is 0.731. The molecular formula is C26H41FN4O5P2S. The number of hydrogen-bond acceptors (Lipinski definition) is 8. The number of ether oxygens (including phenoxy) is 1. The van der Waals surface area contributed by atoms with Gasteiger partial charge in [0, 0.05) is 0 Å². The van der Waals surface area contributed by atoms with Gasteiger partial charge in [-0.2, -0.15) is 0 Å². The van der Waals surface area contributed by atoms with Crippen LogP contribution in [0.2, 0.25) is 0 Å². The van der Waals surface area contributed by atoms with Crippen LogP contribution in [0.25, 0.3) is 0 Å². The van der Waals surface area contributed by atoms with Gasteiger partial charge in [-0.25, -0.2) is 0 Å². The number of nitrogens with zero attached hydrogens (tertiary/aromatic N) is 3. The van der Waals surface area contributed by atoms with Crippen molar-refractivity contribution in [2.75, 3.05) is 20.6 Å². The van der Waals surface area contributed by atoms with Crippen LogP contribution in [0.4, 0.5) is 4.20 Å². The van der Waals surface area contributed by atoms with Gasteiger partial charge in [-0.15, -0.1) is 0 Å². The van der Waals surface area contributed by atoms with E-state index in [1.807, 2.05) is 39.6 Å². The normalized spacial score (nSPS) is 19.5. The van der Waals surface area contributed by atoms with Crippen LogP contribution in [-0.2, 0) is 19.1 Å². The molecule has 218 valence electrons. The van der Waals surface area contributed by atoms with Gasteiger partial charge < -0.3 is 0 Å². The molecule has 1 aliphatic heterocycles. The summed E-state index contributed by atoms with van der Waals surface area (Å²) in [5.74, 6) is -1.03. The number of amides is 2. The van der Waals surface area contributed by atoms with Gasteiger partial charge in [-0.1, -0.05) is 26.7 Å². The molecule has 0 radical (unpaired) electrons. The van der Waals surface area contributed by atoms with Crippen molar-refractivity contribution in [2.24, 2.45) is 11.8 Å². The van der Waals surface area contributed by atoms with Crippen LogP contribution in [0.1, 0.15) is 88.3 Å². The van der Waals surface area contributed by atoms with Gasteiger partial charge in [-0.3, -0.25) is 9.69 Å². The Bertz CT molecular complexity index is 1110. The van der Waals surface area contributed by atoms with Gasteiger partial charge >= 0.3 is 163 Å². The van der Waals surface area contributed by atoms with E-state index in [1.54, 1.807) is 11.9 Å². The number of carbonyl (C=O) groups excluding carboxylic acids is 4. The van der Waals surface area contributed by atoms with Crippen molar-refractivity contribution in [3.63, 3.8) is 0 Å². The van der Waals surface area contributed by atoms with Crippen LogP contribution >= 0.6 is 27.0 Å². The third-order valence-electron chi connectivity index (χ3n) is 7.41. The molecule has 2 rings (SSSR count). The van der Waals surface area contributed by atoms with Crippen LogP contribution in [-0.4, -0.2) is 76.9 Å². The van der Waals surface area contributed by atoms with Gasteiger partial charge in [0.05, 0.1) is 6.04 Å². The monoisotopic (exact) mass is 602 g/mol. The van der Waals surface area contributed by atoms with E-state index in [0.29, 0.717) is 11.4 Å². The fourth-order valence-electron chi connectivity index (χ4n) is 4.85. The quantitative estimate of drug-likeness (QED) is 0.250. The number of piperidine rings is 1. The molecule has 1 N–H and O–H groups in total. The zero-order chi connectivity index (χ0) is 29.4. The molecule has 0 spiro atoms. The second kappa shape index (κ2) is 15.4. The van der Waals surface area contributed by atoms with Crippen molar-refractivity contribution < 1.29 is 28.1 Å². The number of nitrogens with one attached hydrogen (secondary N) is 1. The molecule has 0 saturated carbocycles. The van der Waals surface area contributed by atoms with Crippen molar-refractivity contribution in [1.82, 2.24) is 20.1 Å². The summed E-state index contributed by atoms with van der Waals surface area (Å²) in [6, 6.07) is -1.35. The number of hydrogen-bond donors (Lipinski definition) is 1. The second-order valence-electron chi connectivity index (χ2n) is 10.6. The van der Waals surface area contributed by atoms with Crippen LogP contribution in [0.3, 0.4) is 0 Å². The minimum absolute atomic E-state index is 0.0352. The van der Waals surface area contributed by atoms with E-state index in [0.717, 1.165) is 37.1 Å². The first-order valence-corrected chi connectivity index (χ1v) is 16.6. The zero-order valence-corrected chi connectivity index (χ0v) is 26.5. The molecule has 0 aromatic carbocycles. The molecule has 6 atom stereocenters. The first kappa shape index (κ1) is 33.5. The summed E-state index contributed by atoms with van der Waals surface area (Å²) in [5.41, 5.74) is -0.866. The summed E-state index contributed by atoms with van der Waals surface area (Å²) >= 11 is 1.09. The Hall–Kier alpha value is -1.67. The Kier molecular flexibility index (Phi) is 13.2. The van der Waals surface area contributed by atoms with Crippen molar-refractivity contribution in [3.8, 4) is 0 Å². The van der Waals surface area contributed by atoms with Gasteiger partial charge in [0.1, 0.15) is 0 Å².